The van der Waals surface area contributed by atoms with E-state index in [1.807, 2.05) is 48.5 Å². The van der Waals surface area contributed by atoms with E-state index in [0.717, 1.165) is 29.9 Å². The first-order valence-corrected chi connectivity index (χ1v) is 10.1. The van der Waals surface area contributed by atoms with Crippen LogP contribution in [0.4, 0.5) is 23.5 Å². The Morgan fingerprint density at radius 2 is 1.71 bits per heavy atom. The first-order valence-electron chi connectivity index (χ1n) is 10.1. The van der Waals surface area contributed by atoms with Crippen LogP contribution in [-0.4, -0.2) is 51.2 Å². The van der Waals surface area contributed by atoms with Crippen molar-refractivity contribution in [3.8, 4) is 0 Å². The number of aromatic amines is 2. The van der Waals surface area contributed by atoms with Gasteiger partial charge in [-0.25, -0.2) is 4.79 Å². The summed E-state index contributed by atoms with van der Waals surface area (Å²) < 4.78 is 5.45. The number of imidazole rings is 1. The van der Waals surface area contributed by atoms with Crippen LogP contribution in [0.5, 0.6) is 0 Å². The highest BCUT2D eigenvalue weighted by molar-refractivity contribution is 5.79. The van der Waals surface area contributed by atoms with Gasteiger partial charge in [-0.1, -0.05) is 30.3 Å². The predicted molar refractivity (Wildman–Crippen MR) is 119 cm³/mol. The molecule has 31 heavy (non-hydrogen) atoms. The SMILES string of the molecule is O=c1[nH]c2ccc(Nc3nc(NCc4ccccc4)nc(N4CCOCC4)n3)cc2[nH]1. The van der Waals surface area contributed by atoms with Crippen molar-refractivity contribution in [1.82, 2.24) is 24.9 Å². The molecule has 0 atom stereocenters. The Balaban J connectivity index is 1.43. The number of aromatic nitrogens is 5. The van der Waals surface area contributed by atoms with Crippen molar-refractivity contribution in [2.24, 2.45) is 0 Å². The fourth-order valence-electron chi connectivity index (χ4n) is 3.42. The van der Waals surface area contributed by atoms with Gasteiger partial charge in [0.15, 0.2) is 0 Å². The Kier molecular flexibility index (Phi) is 5.19. The Hall–Kier alpha value is -3.92. The minimum absolute atomic E-state index is 0.241. The summed E-state index contributed by atoms with van der Waals surface area (Å²) in [5.41, 5.74) is 3.10. The average Bonchev–Trinajstić information content (AvgIpc) is 3.18. The van der Waals surface area contributed by atoms with E-state index < -0.39 is 0 Å². The number of nitrogens with zero attached hydrogens (tertiary/aromatic N) is 4. The smallest absolute Gasteiger partial charge is 0.323 e. The van der Waals surface area contributed by atoms with Crippen molar-refractivity contribution in [1.29, 1.82) is 0 Å². The zero-order valence-corrected chi connectivity index (χ0v) is 16.8. The van der Waals surface area contributed by atoms with E-state index in [0.29, 0.717) is 43.1 Å². The molecule has 0 unspecified atom stereocenters. The molecule has 2 aromatic carbocycles. The van der Waals surface area contributed by atoms with Gasteiger partial charge in [-0.15, -0.1) is 0 Å². The maximum absolute atomic E-state index is 11.5. The van der Waals surface area contributed by atoms with Crippen LogP contribution in [0.15, 0.2) is 53.3 Å². The number of hydrogen-bond donors (Lipinski definition) is 4. The van der Waals surface area contributed by atoms with E-state index >= 15 is 0 Å². The summed E-state index contributed by atoms with van der Waals surface area (Å²) in [6, 6.07) is 15.6. The number of nitrogens with one attached hydrogen (secondary N) is 4. The molecule has 0 aliphatic carbocycles. The Morgan fingerprint density at radius 1 is 0.935 bits per heavy atom. The van der Waals surface area contributed by atoms with Gasteiger partial charge in [0.25, 0.3) is 0 Å². The lowest BCUT2D eigenvalue weighted by Crippen LogP contribution is -2.37. The molecular formula is C21H22N8O2. The largest absolute Gasteiger partial charge is 0.378 e. The van der Waals surface area contributed by atoms with Gasteiger partial charge in [-0.2, -0.15) is 15.0 Å². The summed E-state index contributed by atoms with van der Waals surface area (Å²) >= 11 is 0. The quantitative estimate of drug-likeness (QED) is 0.376. The van der Waals surface area contributed by atoms with Crippen molar-refractivity contribution in [2.75, 3.05) is 41.8 Å². The molecule has 2 aromatic heterocycles. The number of rotatable bonds is 6. The summed E-state index contributed by atoms with van der Waals surface area (Å²) in [6.07, 6.45) is 0. The third-order valence-electron chi connectivity index (χ3n) is 4.98. The number of H-pyrrole nitrogens is 2. The van der Waals surface area contributed by atoms with E-state index in [-0.39, 0.29) is 5.69 Å². The zero-order chi connectivity index (χ0) is 21.0. The minimum atomic E-state index is -0.241. The molecule has 4 aromatic rings. The van der Waals surface area contributed by atoms with Gasteiger partial charge < -0.3 is 30.2 Å². The lowest BCUT2D eigenvalue weighted by atomic mass is 10.2. The summed E-state index contributed by atoms with van der Waals surface area (Å²) in [6.45, 7) is 3.32. The van der Waals surface area contributed by atoms with Crippen LogP contribution in [0.25, 0.3) is 11.0 Å². The second-order valence-corrected chi connectivity index (χ2v) is 7.19. The number of ether oxygens (including phenoxy) is 1. The highest BCUT2D eigenvalue weighted by atomic mass is 16.5. The topological polar surface area (TPSA) is 124 Å². The molecule has 0 spiro atoms. The van der Waals surface area contributed by atoms with Crippen molar-refractivity contribution < 1.29 is 4.74 Å². The molecule has 0 radical (unpaired) electrons. The first-order chi connectivity index (χ1) is 15.2. The minimum Gasteiger partial charge on any atom is -0.378 e. The molecule has 5 rings (SSSR count). The van der Waals surface area contributed by atoms with Crippen molar-refractivity contribution in [3.63, 3.8) is 0 Å². The second kappa shape index (κ2) is 8.44. The molecule has 1 fully saturated rings. The van der Waals surface area contributed by atoms with E-state index in [2.05, 4.69) is 40.5 Å². The molecule has 4 N–H and O–H groups in total. The summed E-state index contributed by atoms with van der Waals surface area (Å²) in [7, 11) is 0. The zero-order valence-electron chi connectivity index (χ0n) is 16.8. The van der Waals surface area contributed by atoms with Gasteiger partial charge in [0.2, 0.25) is 17.8 Å². The van der Waals surface area contributed by atoms with Crippen LogP contribution in [0.1, 0.15) is 5.56 Å². The normalized spacial score (nSPS) is 14.0. The summed E-state index contributed by atoms with van der Waals surface area (Å²) in [5, 5.41) is 6.51. The van der Waals surface area contributed by atoms with Crippen LogP contribution in [-0.2, 0) is 11.3 Å². The molecular weight excluding hydrogens is 396 g/mol. The van der Waals surface area contributed by atoms with Crippen molar-refractivity contribution >= 4 is 34.6 Å². The highest BCUT2D eigenvalue weighted by Gasteiger charge is 2.17. The van der Waals surface area contributed by atoms with E-state index in [4.69, 9.17) is 4.74 Å². The van der Waals surface area contributed by atoms with Gasteiger partial charge in [-0.3, -0.25) is 0 Å². The lowest BCUT2D eigenvalue weighted by Gasteiger charge is -2.27. The van der Waals surface area contributed by atoms with Crippen LogP contribution in [0.3, 0.4) is 0 Å². The molecule has 0 saturated carbocycles. The number of anilines is 4. The van der Waals surface area contributed by atoms with Crippen LogP contribution in [0.2, 0.25) is 0 Å². The Morgan fingerprint density at radius 3 is 2.55 bits per heavy atom. The number of morpholine rings is 1. The number of benzene rings is 2. The fourth-order valence-corrected chi connectivity index (χ4v) is 3.42. The highest BCUT2D eigenvalue weighted by Crippen LogP contribution is 2.21. The molecule has 3 heterocycles. The fraction of sp³-hybridized carbons (Fsp3) is 0.238. The molecule has 1 saturated heterocycles. The maximum atomic E-state index is 11.5. The van der Waals surface area contributed by atoms with Crippen LogP contribution in [0, 0.1) is 0 Å². The van der Waals surface area contributed by atoms with Crippen LogP contribution >= 0.6 is 0 Å². The summed E-state index contributed by atoms with van der Waals surface area (Å²) in [5.74, 6) is 1.50. The van der Waals surface area contributed by atoms with Gasteiger partial charge in [0, 0.05) is 25.3 Å². The molecule has 10 heteroatoms. The standard InChI is InChI=1S/C21H22N8O2/c30-21-24-16-7-6-15(12-17(16)25-21)23-19-26-18(22-13-14-4-2-1-3-5-14)27-20(28-19)29-8-10-31-11-9-29/h1-7,12H,8-11,13H2,(H2,24,25,30)(H2,22,23,26,27,28). The Labute approximate surface area is 177 Å². The second-order valence-electron chi connectivity index (χ2n) is 7.19. The third kappa shape index (κ3) is 4.48. The monoisotopic (exact) mass is 418 g/mol. The van der Waals surface area contributed by atoms with E-state index in [9.17, 15) is 4.79 Å². The average molecular weight is 418 g/mol. The maximum Gasteiger partial charge on any atom is 0.323 e. The number of hydrogen-bond acceptors (Lipinski definition) is 8. The van der Waals surface area contributed by atoms with Crippen LogP contribution < -0.4 is 21.2 Å². The molecule has 10 nitrogen and oxygen atoms in total. The van der Waals surface area contributed by atoms with Crippen molar-refractivity contribution in [2.45, 2.75) is 6.54 Å². The molecule has 0 bridgehead atoms. The molecule has 1 aliphatic heterocycles. The van der Waals surface area contributed by atoms with Crippen molar-refractivity contribution in [3.05, 3.63) is 64.6 Å². The van der Waals surface area contributed by atoms with E-state index in [1.165, 1.54) is 0 Å². The lowest BCUT2D eigenvalue weighted by molar-refractivity contribution is 0.122. The number of fused-ring (bicyclic) bond motifs is 1. The molecule has 158 valence electrons. The summed E-state index contributed by atoms with van der Waals surface area (Å²) in [4.78, 5) is 32.9. The van der Waals surface area contributed by atoms with Gasteiger partial charge >= 0.3 is 5.69 Å². The molecule has 0 amide bonds. The van der Waals surface area contributed by atoms with Gasteiger partial charge in [0.1, 0.15) is 0 Å². The van der Waals surface area contributed by atoms with Gasteiger partial charge in [0.05, 0.1) is 24.2 Å². The van der Waals surface area contributed by atoms with Gasteiger partial charge in [-0.05, 0) is 23.8 Å². The van der Waals surface area contributed by atoms with E-state index in [1.54, 1.807) is 0 Å². The molecule has 1 aliphatic rings. The third-order valence-corrected chi connectivity index (χ3v) is 4.98. The Bertz CT molecular complexity index is 1230. The first kappa shape index (κ1) is 19.1. The predicted octanol–water partition coefficient (Wildman–Crippen LogP) is 2.23.